The summed E-state index contributed by atoms with van der Waals surface area (Å²) in [5.41, 5.74) is 7.04. The lowest BCUT2D eigenvalue weighted by Crippen LogP contribution is -2.24. The van der Waals surface area contributed by atoms with Gasteiger partial charge in [0, 0.05) is 5.92 Å². The SMILES string of the molecule is [C-]#[N+]c1cc([C@@H]2O[C@H](CO)[C@@H](C)[C@@H]2O)n2ncnc(N)c12. The summed E-state index contributed by atoms with van der Waals surface area (Å²) in [6.45, 7) is 8.86. The van der Waals surface area contributed by atoms with E-state index in [1.165, 1.54) is 10.8 Å². The number of nitrogen functional groups attached to an aromatic ring is 1. The van der Waals surface area contributed by atoms with Gasteiger partial charge >= 0.3 is 0 Å². The molecule has 0 aromatic carbocycles. The predicted molar refractivity (Wildman–Crippen MR) is 73.5 cm³/mol. The molecular weight excluding hydrogens is 274 g/mol. The number of nitrogens with two attached hydrogens (primary N) is 1. The van der Waals surface area contributed by atoms with E-state index >= 15 is 0 Å². The van der Waals surface area contributed by atoms with Crippen molar-refractivity contribution in [3.63, 3.8) is 0 Å². The highest BCUT2D eigenvalue weighted by Gasteiger charge is 2.42. The van der Waals surface area contributed by atoms with Crippen LogP contribution in [0.25, 0.3) is 10.4 Å². The minimum atomic E-state index is -0.796. The van der Waals surface area contributed by atoms with Crippen molar-refractivity contribution in [2.45, 2.75) is 25.2 Å². The van der Waals surface area contributed by atoms with Crippen molar-refractivity contribution in [3.05, 3.63) is 29.5 Å². The molecule has 110 valence electrons. The minimum Gasteiger partial charge on any atom is -0.394 e. The molecule has 4 N–H and O–H groups in total. The number of hydrogen-bond acceptors (Lipinski definition) is 6. The van der Waals surface area contributed by atoms with Crippen molar-refractivity contribution < 1.29 is 14.9 Å². The fourth-order valence-electron chi connectivity index (χ4n) is 2.70. The van der Waals surface area contributed by atoms with Crippen molar-refractivity contribution in [2.75, 3.05) is 12.3 Å². The summed E-state index contributed by atoms with van der Waals surface area (Å²) < 4.78 is 7.17. The molecule has 3 rings (SSSR count). The molecule has 0 radical (unpaired) electrons. The van der Waals surface area contributed by atoms with Gasteiger partial charge in [-0.2, -0.15) is 5.10 Å². The minimum absolute atomic E-state index is 0.176. The van der Waals surface area contributed by atoms with Crippen molar-refractivity contribution in [1.29, 1.82) is 0 Å². The van der Waals surface area contributed by atoms with Gasteiger partial charge < -0.3 is 20.7 Å². The number of rotatable bonds is 2. The molecule has 0 aliphatic carbocycles. The van der Waals surface area contributed by atoms with E-state index in [1.54, 1.807) is 13.0 Å². The standard InChI is InChI=1S/C13H15N5O3/c1-6-9(4-19)21-12(11(6)20)8-3-7(15-2)10-13(14)16-5-17-18(8)10/h3,5-6,9,11-12,19-20H,4H2,1H3,(H2,14,16,17)/t6-,9-,11+,12+/m1/s1. The van der Waals surface area contributed by atoms with E-state index in [4.69, 9.17) is 17.0 Å². The summed E-state index contributed by atoms with van der Waals surface area (Å²) in [4.78, 5) is 7.30. The fraction of sp³-hybridized carbons (Fsp3) is 0.462. The van der Waals surface area contributed by atoms with Gasteiger partial charge in [0.15, 0.2) is 0 Å². The molecule has 2 aromatic heterocycles. The Hall–Kier alpha value is -2.21. The Labute approximate surface area is 120 Å². The second-order valence-corrected chi connectivity index (χ2v) is 5.10. The van der Waals surface area contributed by atoms with Crippen LogP contribution in [0.1, 0.15) is 18.7 Å². The second kappa shape index (κ2) is 4.96. The first-order chi connectivity index (χ1) is 10.1. The number of aliphatic hydroxyl groups excluding tert-OH is 2. The van der Waals surface area contributed by atoms with Gasteiger partial charge in [-0.1, -0.05) is 6.92 Å². The van der Waals surface area contributed by atoms with Crippen LogP contribution in [0.15, 0.2) is 12.4 Å². The van der Waals surface area contributed by atoms with Crippen LogP contribution < -0.4 is 5.73 Å². The van der Waals surface area contributed by atoms with Gasteiger partial charge in [0.2, 0.25) is 5.69 Å². The normalized spacial score (nSPS) is 28.9. The van der Waals surface area contributed by atoms with Gasteiger partial charge in [-0.15, -0.1) is 0 Å². The van der Waals surface area contributed by atoms with Gasteiger partial charge in [-0.05, 0) is 6.07 Å². The lowest BCUT2D eigenvalue weighted by molar-refractivity contribution is -0.0152. The Bertz CT molecular complexity index is 722. The zero-order valence-corrected chi connectivity index (χ0v) is 11.3. The molecule has 1 saturated heterocycles. The number of hydrogen-bond donors (Lipinski definition) is 3. The number of fused-ring (bicyclic) bond motifs is 1. The maximum absolute atomic E-state index is 10.3. The van der Waals surface area contributed by atoms with Crippen LogP contribution in [0.4, 0.5) is 11.5 Å². The van der Waals surface area contributed by atoms with E-state index in [9.17, 15) is 10.2 Å². The van der Waals surface area contributed by atoms with Gasteiger partial charge in [0.25, 0.3) is 0 Å². The van der Waals surface area contributed by atoms with Gasteiger partial charge in [0.1, 0.15) is 23.8 Å². The lowest BCUT2D eigenvalue weighted by Gasteiger charge is -2.15. The van der Waals surface area contributed by atoms with Crippen molar-refractivity contribution >= 4 is 17.0 Å². The summed E-state index contributed by atoms with van der Waals surface area (Å²) in [6, 6.07) is 1.59. The van der Waals surface area contributed by atoms with Crippen molar-refractivity contribution in [1.82, 2.24) is 14.6 Å². The van der Waals surface area contributed by atoms with Crippen LogP contribution >= 0.6 is 0 Å². The first kappa shape index (κ1) is 13.8. The van der Waals surface area contributed by atoms with E-state index in [-0.39, 0.29) is 18.3 Å². The maximum Gasteiger partial charge on any atom is 0.217 e. The molecular formula is C13H15N5O3. The molecule has 1 aliphatic rings. The molecule has 1 aliphatic heterocycles. The van der Waals surface area contributed by atoms with Gasteiger partial charge in [-0.25, -0.2) is 14.3 Å². The fourth-order valence-corrected chi connectivity index (χ4v) is 2.70. The summed E-state index contributed by atoms with van der Waals surface area (Å²) in [7, 11) is 0. The first-order valence-corrected chi connectivity index (χ1v) is 6.52. The van der Waals surface area contributed by atoms with E-state index in [1.807, 2.05) is 0 Å². The highest BCUT2D eigenvalue weighted by molar-refractivity contribution is 5.83. The Kier molecular flexibility index (Phi) is 3.25. The number of nitrogens with zero attached hydrogens (tertiary/aromatic N) is 4. The van der Waals surface area contributed by atoms with E-state index in [2.05, 4.69) is 14.9 Å². The molecule has 4 atom stereocenters. The summed E-state index contributed by atoms with van der Waals surface area (Å²) in [6.07, 6.45) is -0.635. The molecule has 3 heterocycles. The Morgan fingerprint density at radius 3 is 2.95 bits per heavy atom. The van der Waals surface area contributed by atoms with Crippen LogP contribution in [-0.4, -0.2) is 43.6 Å². The Morgan fingerprint density at radius 1 is 1.57 bits per heavy atom. The topological polar surface area (TPSA) is 110 Å². The van der Waals surface area contributed by atoms with Crippen LogP contribution in [0.3, 0.4) is 0 Å². The Morgan fingerprint density at radius 2 is 2.33 bits per heavy atom. The number of ether oxygens (including phenoxy) is 1. The molecule has 0 amide bonds. The van der Waals surface area contributed by atoms with Gasteiger partial charge in [0.05, 0.1) is 31.1 Å². The third-order valence-corrected chi connectivity index (χ3v) is 3.94. The molecule has 0 spiro atoms. The van der Waals surface area contributed by atoms with Crippen LogP contribution in [0, 0.1) is 12.5 Å². The predicted octanol–water partition coefficient (Wildman–Crippen LogP) is 0.291. The quantitative estimate of drug-likeness (QED) is 0.685. The third-order valence-electron chi connectivity index (χ3n) is 3.94. The monoisotopic (exact) mass is 289 g/mol. The smallest absolute Gasteiger partial charge is 0.217 e. The molecule has 0 saturated carbocycles. The molecule has 0 bridgehead atoms. The second-order valence-electron chi connectivity index (χ2n) is 5.10. The van der Waals surface area contributed by atoms with Gasteiger partial charge in [-0.3, -0.25) is 0 Å². The zero-order valence-electron chi connectivity index (χ0n) is 11.3. The van der Waals surface area contributed by atoms with E-state index < -0.39 is 18.3 Å². The zero-order chi connectivity index (χ0) is 15.1. The number of anilines is 1. The number of aromatic nitrogens is 3. The van der Waals surface area contributed by atoms with Crippen molar-refractivity contribution in [3.8, 4) is 0 Å². The summed E-state index contributed by atoms with van der Waals surface area (Å²) in [5.74, 6) is -0.0254. The third kappa shape index (κ3) is 1.94. The molecule has 8 nitrogen and oxygen atoms in total. The maximum atomic E-state index is 10.3. The van der Waals surface area contributed by atoms with Crippen LogP contribution in [-0.2, 0) is 4.74 Å². The highest BCUT2D eigenvalue weighted by atomic mass is 16.5. The molecule has 21 heavy (non-hydrogen) atoms. The molecule has 1 fully saturated rings. The largest absolute Gasteiger partial charge is 0.394 e. The Balaban J connectivity index is 2.14. The average Bonchev–Trinajstić information content (AvgIpc) is 2.99. The van der Waals surface area contributed by atoms with Crippen LogP contribution in [0.5, 0.6) is 0 Å². The molecule has 0 unspecified atom stereocenters. The van der Waals surface area contributed by atoms with Crippen LogP contribution in [0.2, 0.25) is 0 Å². The number of aliphatic hydroxyl groups is 2. The highest BCUT2D eigenvalue weighted by Crippen LogP contribution is 2.40. The lowest BCUT2D eigenvalue weighted by atomic mass is 9.97. The molecule has 8 heteroatoms. The van der Waals surface area contributed by atoms with E-state index in [0.717, 1.165) is 0 Å². The van der Waals surface area contributed by atoms with E-state index in [0.29, 0.717) is 16.9 Å². The average molecular weight is 289 g/mol. The molecule has 2 aromatic rings. The first-order valence-electron chi connectivity index (χ1n) is 6.52. The summed E-state index contributed by atoms with van der Waals surface area (Å²) >= 11 is 0. The van der Waals surface area contributed by atoms with Crippen molar-refractivity contribution in [2.24, 2.45) is 5.92 Å². The summed E-state index contributed by atoms with van der Waals surface area (Å²) in [5, 5.41) is 23.7.